The van der Waals surface area contributed by atoms with E-state index >= 15 is 0 Å². The molecular formula is C13H19N3S. The quantitative estimate of drug-likeness (QED) is 0.817. The number of pyridine rings is 1. The van der Waals surface area contributed by atoms with Crippen LogP contribution in [0.15, 0.2) is 18.3 Å². The van der Waals surface area contributed by atoms with E-state index in [1.54, 1.807) is 6.20 Å². The van der Waals surface area contributed by atoms with Gasteiger partial charge in [-0.1, -0.05) is 19.1 Å². The Labute approximate surface area is 108 Å². The average Bonchev–Trinajstić information content (AvgIpc) is 2.54. The topological polar surface area (TPSA) is 42.1 Å². The third-order valence-corrected chi connectivity index (χ3v) is 3.61. The highest BCUT2D eigenvalue weighted by Gasteiger charge is 2.15. The zero-order chi connectivity index (χ0) is 12.3. The lowest BCUT2D eigenvalue weighted by atomic mass is 10.0. The van der Waals surface area contributed by atoms with E-state index in [0.717, 1.165) is 30.4 Å². The third kappa shape index (κ3) is 3.16. The van der Waals surface area contributed by atoms with E-state index in [4.69, 9.17) is 18.0 Å². The Bertz CT molecular complexity index is 405. The molecule has 0 aliphatic carbocycles. The molecule has 1 aliphatic rings. The van der Waals surface area contributed by atoms with Gasteiger partial charge in [-0.3, -0.25) is 0 Å². The SMILES string of the molecule is CC1CCCN(c2cc(C(N)=S)ccn2)CC1. The average molecular weight is 249 g/mol. The second-order valence-corrected chi connectivity index (χ2v) is 5.23. The highest BCUT2D eigenvalue weighted by atomic mass is 32.1. The van der Waals surface area contributed by atoms with E-state index in [-0.39, 0.29) is 0 Å². The van der Waals surface area contributed by atoms with Crippen molar-refractivity contribution in [3.63, 3.8) is 0 Å². The van der Waals surface area contributed by atoms with Crippen LogP contribution in [0.5, 0.6) is 0 Å². The zero-order valence-corrected chi connectivity index (χ0v) is 11.0. The van der Waals surface area contributed by atoms with E-state index in [1.807, 2.05) is 12.1 Å². The van der Waals surface area contributed by atoms with Gasteiger partial charge in [0.15, 0.2) is 0 Å². The summed E-state index contributed by atoms with van der Waals surface area (Å²) in [5.74, 6) is 1.82. The van der Waals surface area contributed by atoms with Gasteiger partial charge in [-0.25, -0.2) is 4.98 Å². The molecule has 0 amide bonds. The van der Waals surface area contributed by atoms with E-state index in [0.29, 0.717) is 4.99 Å². The minimum Gasteiger partial charge on any atom is -0.389 e. The molecule has 1 aliphatic heterocycles. The summed E-state index contributed by atoms with van der Waals surface area (Å²) in [5, 5.41) is 0. The molecule has 0 spiro atoms. The predicted octanol–water partition coefficient (Wildman–Crippen LogP) is 2.34. The summed E-state index contributed by atoms with van der Waals surface area (Å²) >= 11 is 5.00. The monoisotopic (exact) mass is 249 g/mol. The van der Waals surface area contributed by atoms with Gasteiger partial charge in [0.25, 0.3) is 0 Å². The molecule has 1 atom stereocenters. The molecule has 1 saturated heterocycles. The van der Waals surface area contributed by atoms with Crippen LogP contribution < -0.4 is 10.6 Å². The third-order valence-electron chi connectivity index (χ3n) is 3.37. The Morgan fingerprint density at radius 3 is 3.06 bits per heavy atom. The molecule has 4 heteroatoms. The number of nitrogens with zero attached hydrogens (tertiary/aromatic N) is 2. The maximum absolute atomic E-state index is 5.65. The summed E-state index contributed by atoms with van der Waals surface area (Å²) in [6.45, 7) is 4.48. The lowest BCUT2D eigenvalue weighted by molar-refractivity contribution is 0.521. The fourth-order valence-corrected chi connectivity index (χ4v) is 2.36. The molecule has 92 valence electrons. The highest BCUT2D eigenvalue weighted by Crippen LogP contribution is 2.21. The number of thiocarbonyl (C=S) groups is 1. The summed E-state index contributed by atoms with van der Waals surface area (Å²) in [7, 11) is 0. The molecule has 2 rings (SSSR count). The molecule has 3 nitrogen and oxygen atoms in total. The molecule has 1 aromatic rings. The van der Waals surface area contributed by atoms with Gasteiger partial charge in [-0.05, 0) is 37.3 Å². The highest BCUT2D eigenvalue weighted by molar-refractivity contribution is 7.80. The van der Waals surface area contributed by atoms with Gasteiger partial charge in [0.1, 0.15) is 10.8 Å². The van der Waals surface area contributed by atoms with Crippen molar-refractivity contribution in [1.82, 2.24) is 4.98 Å². The van der Waals surface area contributed by atoms with E-state index in [9.17, 15) is 0 Å². The summed E-state index contributed by atoms with van der Waals surface area (Å²) < 4.78 is 0. The minimum atomic E-state index is 0.442. The Balaban J connectivity index is 2.15. The van der Waals surface area contributed by atoms with Crippen molar-refractivity contribution in [2.75, 3.05) is 18.0 Å². The number of anilines is 1. The Morgan fingerprint density at radius 1 is 1.47 bits per heavy atom. The van der Waals surface area contributed by atoms with Crippen molar-refractivity contribution in [1.29, 1.82) is 0 Å². The molecule has 0 radical (unpaired) electrons. The molecule has 2 N–H and O–H groups in total. The standard InChI is InChI=1S/C13H19N3S/c1-10-3-2-7-16(8-5-10)12-9-11(13(14)17)4-6-15-12/h4,6,9-10H,2-3,5,7-8H2,1H3,(H2,14,17). The number of aromatic nitrogens is 1. The van der Waals surface area contributed by atoms with Crippen LogP contribution in [0.4, 0.5) is 5.82 Å². The van der Waals surface area contributed by atoms with Crippen LogP contribution in [0.3, 0.4) is 0 Å². The predicted molar refractivity (Wildman–Crippen MR) is 75.4 cm³/mol. The molecule has 0 bridgehead atoms. The molecule has 2 heterocycles. The number of hydrogen-bond acceptors (Lipinski definition) is 3. The summed E-state index contributed by atoms with van der Waals surface area (Å²) in [6, 6.07) is 3.87. The van der Waals surface area contributed by atoms with Crippen LogP contribution in [-0.4, -0.2) is 23.1 Å². The Hall–Kier alpha value is -1.16. The normalized spacial score (nSPS) is 21.0. The van der Waals surface area contributed by atoms with E-state index < -0.39 is 0 Å². The van der Waals surface area contributed by atoms with Crippen molar-refractivity contribution in [2.24, 2.45) is 11.7 Å². The van der Waals surface area contributed by atoms with Gasteiger partial charge in [0.05, 0.1) is 0 Å². The summed E-state index contributed by atoms with van der Waals surface area (Å²) in [4.78, 5) is 7.20. The molecule has 1 fully saturated rings. The van der Waals surface area contributed by atoms with Gasteiger partial charge in [-0.2, -0.15) is 0 Å². The van der Waals surface area contributed by atoms with E-state index in [1.165, 1.54) is 19.3 Å². The zero-order valence-electron chi connectivity index (χ0n) is 10.2. The summed E-state index contributed by atoms with van der Waals surface area (Å²) in [5.41, 5.74) is 6.56. The molecular weight excluding hydrogens is 230 g/mol. The molecule has 1 aromatic heterocycles. The first-order valence-corrected chi connectivity index (χ1v) is 6.58. The second kappa shape index (κ2) is 5.45. The van der Waals surface area contributed by atoms with Gasteiger partial charge < -0.3 is 10.6 Å². The first kappa shape index (κ1) is 12.3. The van der Waals surface area contributed by atoms with Crippen molar-refractivity contribution >= 4 is 23.0 Å². The van der Waals surface area contributed by atoms with Crippen molar-refractivity contribution < 1.29 is 0 Å². The number of hydrogen-bond donors (Lipinski definition) is 1. The van der Waals surface area contributed by atoms with Crippen molar-refractivity contribution in [3.05, 3.63) is 23.9 Å². The largest absolute Gasteiger partial charge is 0.389 e. The fourth-order valence-electron chi connectivity index (χ4n) is 2.24. The molecule has 0 saturated carbocycles. The number of nitrogens with two attached hydrogens (primary N) is 1. The maximum Gasteiger partial charge on any atom is 0.129 e. The molecule has 17 heavy (non-hydrogen) atoms. The van der Waals surface area contributed by atoms with Crippen LogP contribution >= 0.6 is 12.2 Å². The van der Waals surface area contributed by atoms with Gasteiger partial charge in [-0.15, -0.1) is 0 Å². The van der Waals surface area contributed by atoms with Crippen LogP contribution in [0.1, 0.15) is 31.7 Å². The molecule has 1 unspecified atom stereocenters. The first-order valence-electron chi connectivity index (χ1n) is 6.17. The fraction of sp³-hybridized carbons (Fsp3) is 0.538. The van der Waals surface area contributed by atoms with Crippen molar-refractivity contribution in [3.8, 4) is 0 Å². The Morgan fingerprint density at radius 2 is 2.29 bits per heavy atom. The minimum absolute atomic E-state index is 0.442. The second-order valence-electron chi connectivity index (χ2n) is 4.79. The lowest BCUT2D eigenvalue weighted by Crippen LogP contribution is -2.25. The van der Waals surface area contributed by atoms with E-state index in [2.05, 4.69) is 16.8 Å². The van der Waals surface area contributed by atoms with Crippen molar-refractivity contribution in [2.45, 2.75) is 26.2 Å². The van der Waals surface area contributed by atoms with Crippen LogP contribution in [0, 0.1) is 5.92 Å². The van der Waals surface area contributed by atoms with Crippen LogP contribution in [0.25, 0.3) is 0 Å². The lowest BCUT2D eigenvalue weighted by Gasteiger charge is -2.21. The van der Waals surface area contributed by atoms with Gasteiger partial charge in [0, 0.05) is 24.8 Å². The summed E-state index contributed by atoms with van der Waals surface area (Å²) in [6.07, 6.45) is 5.57. The first-order chi connectivity index (χ1) is 8.16. The smallest absolute Gasteiger partial charge is 0.129 e. The maximum atomic E-state index is 5.65. The van der Waals surface area contributed by atoms with Crippen LogP contribution in [-0.2, 0) is 0 Å². The van der Waals surface area contributed by atoms with Gasteiger partial charge >= 0.3 is 0 Å². The Kier molecular flexibility index (Phi) is 3.94. The molecule has 0 aromatic carbocycles. The number of rotatable bonds is 2. The van der Waals surface area contributed by atoms with Gasteiger partial charge in [0.2, 0.25) is 0 Å². The van der Waals surface area contributed by atoms with Crippen LogP contribution in [0.2, 0.25) is 0 Å².